The van der Waals surface area contributed by atoms with Crippen LogP contribution in [0.2, 0.25) is 0 Å². The molecule has 0 aromatic heterocycles. The van der Waals surface area contributed by atoms with Crippen LogP contribution in [-0.4, -0.2) is 13.7 Å². The van der Waals surface area contributed by atoms with Crippen molar-refractivity contribution in [2.45, 2.75) is 6.92 Å². The van der Waals surface area contributed by atoms with Gasteiger partial charge in [-0.2, -0.15) is 5.26 Å². The highest BCUT2D eigenvalue weighted by Crippen LogP contribution is 2.37. The van der Waals surface area contributed by atoms with E-state index in [4.69, 9.17) is 9.47 Å². The second-order valence-electron chi connectivity index (χ2n) is 5.17. The molecule has 2 aromatic carbocycles. The molecule has 2 rings (SSSR count). The number of hydrogen-bond acceptors (Lipinski definition) is 3. The molecule has 0 bridgehead atoms. The van der Waals surface area contributed by atoms with Gasteiger partial charge < -0.3 is 9.47 Å². The lowest BCUT2D eigenvalue weighted by atomic mass is 10.0. The van der Waals surface area contributed by atoms with E-state index < -0.39 is 0 Å². The zero-order valence-electron chi connectivity index (χ0n) is 13.7. The number of ether oxygens (including phenoxy) is 2. The van der Waals surface area contributed by atoms with E-state index in [1.165, 1.54) is 0 Å². The van der Waals surface area contributed by atoms with Gasteiger partial charge in [-0.15, -0.1) is 0 Å². The molecule has 0 radical (unpaired) electrons. The summed E-state index contributed by atoms with van der Waals surface area (Å²) in [6.45, 7) is 6.05. The van der Waals surface area contributed by atoms with Crippen molar-refractivity contribution in [1.29, 1.82) is 5.26 Å². The zero-order valence-corrected chi connectivity index (χ0v) is 15.3. The molecule has 0 spiro atoms. The van der Waals surface area contributed by atoms with Crippen LogP contribution in [0.5, 0.6) is 11.5 Å². The van der Waals surface area contributed by atoms with Gasteiger partial charge in [-0.05, 0) is 52.2 Å². The van der Waals surface area contributed by atoms with Crippen molar-refractivity contribution < 1.29 is 9.47 Å². The van der Waals surface area contributed by atoms with Crippen molar-refractivity contribution in [3.8, 4) is 17.6 Å². The van der Waals surface area contributed by atoms with E-state index in [-0.39, 0.29) is 0 Å². The molecule has 3 nitrogen and oxygen atoms in total. The number of benzene rings is 2. The number of nitriles is 1. The van der Waals surface area contributed by atoms with Gasteiger partial charge in [-0.1, -0.05) is 42.5 Å². The fourth-order valence-corrected chi connectivity index (χ4v) is 2.76. The fraction of sp³-hybridized carbons (Fsp3) is 0.150. The Kier molecular flexibility index (Phi) is 6.22. The summed E-state index contributed by atoms with van der Waals surface area (Å²) in [6, 6.07) is 13.9. The largest absolute Gasteiger partial charge is 0.493 e. The van der Waals surface area contributed by atoms with E-state index in [9.17, 15) is 5.26 Å². The number of rotatable bonds is 6. The normalized spacial score (nSPS) is 10.8. The maximum atomic E-state index is 9.48. The van der Waals surface area contributed by atoms with E-state index >= 15 is 0 Å². The number of halogens is 1. The monoisotopic (exact) mass is 383 g/mol. The third-order valence-electron chi connectivity index (χ3n) is 3.39. The second-order valence-corrected chi connectivity index (χ2v) is 6.02. The lowest BCUT2D eigenvalue weighted by molar-refractivity contribution is 0.324. The summed E-state index contributed by atoms with van der Waals surface area (Å²) >= 11 is 3.50. The predicted molar refractivity (Wildman–Crippen MR) is 101 cm³/mol. The highest BCUT2D eigenvalue weighted by Gasteiger charge is 2.11. The van der Waals surface area contributed by atoms with Gasteiger partial charge in [0.1, 0.15) is 6.61 Å². The summed E-state index contributed by atoms with van der Waals surface area (Å²) in [5.41, 5.74) is 3.47. The Morgan fingerprint density at radius 3 is 2.58 bits per heavy atom. The lowest BCUT2D eigenvalue weighted by Crippen LogP contribution is -1.97. The number of aryl methyl sites for hydroxylation is 1. The van der Waals surface area contributed by atoms with Crippen LogP contribution in [0.25, 0.3) is 11.6 Å². The van der Waals surface area contributed by atoms with Crippen LogP contribution in [0.15, 0.2) is 53.5 Å². The Balaban J connectivity index is 2.43. The highest BCUT2D eigenvalue weighted by molar-refractivity contribution is 9.10. The van der Waals surface area contributed by atoms with Crippen LogP contribution in [0, 0.1) is 18.3 Å². The molecule has 0 saturated carbocycles. The van der Waals surface area contributed by atoms with Gasteiger partial charge in [0, 0.05) is 0 Å². The molecule has 0 unspecified atom stereocenters. The first-order chi connectivity index (χ1) is 11.6. The molecule has 0 heterocycles. The quantitative estimate of drug-likeness (QED) is 0.381. The topological polar surface area (TPSA) is 42.2 Å². The van der Waals surface area contributed by atoms with Crippen molar-refractivity contribution in [1.82, 2.24) is 0 Å². The van der Waals surface area contributed by atoms with Crippen LogP contribution in [0.3, 0.4) is 0 Å². The number of hydrogen-bond donors (Lipinski definition) is 0. The minimum absolute atomic E-state index is 0.386. The third-order valence-corrected chi connectivity index (χ3v) is 3.98. The number of nitrogens with zero attached hydrogens (tertiary/aromatic N) is 1. The first kappa shape index (κ1) is 17.8. The molecule has 0 aliphatic rings. The molecule has 0 aliphatic heterocycles. The highest BCUT2D eigenvalue weighted by atomic mass is 79.9. The molecule has 0 saturated heterocycles. The summed E-state index contributed by atoms with van der Waals surface area (Å²) in [7, 11) is 1.58. The summed E-state index contributed by atoms with van der Waals surface area (Å²) < 4.78 is 11.8. The maximum Gasteiger partial charge on any atom is 0.175 e. The molecule has 0 atom stereocenters. The molecular weight excluding hydrogens is 366 g/mol. The fourth-order valence-electron chi connectivity index (χ4n) is 2.19. The van der Waals surface area contributed by atoms with Crippen molar-refractivity contribution in [3.63, 3.8) is 0 Å². The average molecular weight is 384 g/mol. The second kappa shape index (κ2) is 8.37. The van der Waals surface area contributed by atoms with E-state index in [1.54, 1.807) is 13.2 Å². The Hall–Kier alpha value is -2.51. The molecular formula is C20H18BrNO2. The van der Waals surface area contributed by atoms with Crippen LogP contribution >= 0.6 is 15.9 Å². The Morgan fingerprint density at radius 1 is 1.29 bits per heavy atom. The van der Waals surface area contributed by atoms with Crippen molar-refractivity contribution in [2.24, 2.45) is 0 Å². The predicted octanol–water partition coefficient (Wildman–Crippen LogP) is 5.40. The van der Waals surface area contributed by atoms with Crippen molar-refractivity contribution in [2.75, 3.05) is 13.7 Å². The minimum Gasteiger partial charge on any atom is -0.493 e. The SMILES string of the molecule is C=CCOc1c(Br)cc(/C=C(/C#N)c2ccc(C)cc2)cc1OC. The van der Waals surface area contributed by atoms with E-state index in [2.05, 4.69) is 28.6 Å². The molecule has 0 fully saturated rings. The molecule has 0 amide bonds. The number of methoxy groups -OCH3 is 1. The Morgan fingerprint density at radius 2 is 2.00 bits per heavy atom. The molecule has 2 aromatic rings. The van der Waals surface area contributed by atoms with Gasteiger partial charge >= 0.3 is 0 Å². The van der Waals surface area contributed by atoms with E-state index in [0.29, 0.717) is 23.7 Å². The Bertz CT molecular complexity index is 802. The van der Waals surface area contributed by atoms with E-state index in [1.807, 2.05) is 49.4 Å². The first-order valence-corrected chi connectivity index (χ1v) is 8.18. The van der Waals surface area contributed by atoms with Gasteiger partial charge in [0.15, 0.2) is 11.5 Å². The summed E-state index contributed by atoms with van der Waals surface area (Å²) in [5.74, 6) is 1.21. The van der Waals surface area contributed by atoms with Crippen molar-refractivity contribution in [3.05, 3.63) is 70.2 Å². The average Bonchev–Trinajstić information content (AvgIpc) is 2.59. The van der Waals surface area contributed by atoms with Crippen LogP contribution in [-0.2, 0) is 0 Å². The van der Waals surface area contributed by atoms with Crippen molar-refractivity contribution >= 4 is 27.6 Å². The summed E-state index contributed by atoms with van der Waals surface area (Å²) in [6.07, 6.45) is 3.50. The lowest BCUT2D eigenvalue weighted by Gasteiger charge is -2.12. The molecule has 0 aliphatic carbocycles. The van der Waals surface area contributed by atoms with Gasteiger partial charge in [0.25, 0.3) is 0 Å². The summed E-state index contributed by atoms with van der Waals surface area (Å²) in [5, 5.41) is 9.48. The van der Waals surface area contributed by atoms with Crippen LogP contribution in [0.1, 0.15) is 16.7 Å². The maximum absolute atomic E-state index is 9.48. The molecule has 4 heteroatoms. The standard InChI is InChI=1S/C20H18BrNO2/c1-4-9-24-20-18(21)11-15(12-19(20)23-3)10-17(13-22)16-7-5-14(2)6-8-16/h4-8,10-12H,1,9H2,2-3H3/b17-10-. The molecule has 0 N–H and O–H groups in total. The molecule has 24 heavy (non-hydrogen) atoms. The van der Waals surface area contributed by atoms with Gasteiger partial charge in [-0.25, -0.2) is 0 Å². The minimum atomic E-state index is 0.386. The first-order valence-electron chi connectivity index (χ1n) is 7.39. The number of allylic oxidation sites excluding steroid dienone is 1. The van der Waals surface area contributed by atoms with Gasteiger partial charge in [0.2, 0.25) is 0 Å². The van der Waals surface area contributed by atoms with Crippen LogP contribution in [0.4, 0.5) is 0 Å². The third kappa shape index (κ3) is 4.27. The smallest absolute Gasteiger partial charge is 0.175 e. The summed E-state index contributed by atoms with van der Waals surface area (Å²) in [4.78, 5) is 0. The van der Waals surface area contributed by atoms with E-state index in [0.717, 1.165) is 21.2 Å². The Labute approximate surface area is 151 Å². The zero-order chi connectivity index (χ0) is 17.5. The van der Waals surface area contributed by atoms with Gasteiger partial charge in [-0.3, -0.25) is 0 Å². The van der Waals surface area contributed by atoms with Gasteiger partial charge in [0.05, 0.1) is 23.2 Å². The van der Waals surface area contributed by atoms with Crippen LogP contribution < -0.4 is 9.47 Å². The molecule has 122 valence electrons.